The molecule has 1 aliphatic heterocycles. The summed E-state index contributed by atoms with van der Waals surface area (Å²) in [4.78, 5) is 14.3. The molecular weight excluding hydrogens is 396 g/mol. The molecule has 1 saturated heterocycles. The lowest BCUT2D eigenvalue weighted by Crippen LogP contribution is -2.52. The number of piperidine rings is 1. The maximum Gasteiger partial charge on any atom is 0.217 e. The van der Waals surface area contributed by atoms with Gasteiger partial charge in [-0.15, -0.1) is 0 Å². The Morgan fingerprint density at radius 3 is 2.48 bits per heavy atom. The number of fused-ring (bicyclic) bond motifs is 1. The average Bonchev–Trinajstić information content (AvgIpc) is 3.07. The van der Waals surface area contributed by atoms with Crippen molar-refractivity contribution in [2.75, 3.05) is 13.1 Å². The molecule has 4 rings (SSSR count). The zero-order valence-electron chi connectivity index (χ0n) is 18.3. The minimum absolute atomic E-state index is 0.154. The van der Waals surface area contributed by atoms with Gasteiger partial charge in [0.2, 0.25) is 5.91 Å². The highest BCUT2D eigenvalue weighted by Crippen LogP contribution is 2.36. The summed E-state index contributed by atoms with van der Waals surface area (Å²) in [7, 11) is 0. The van der Waals surface area contributed by atoms with Crippen molar-refractivity contribution in [3.63, 3.8) is 0 Å². The van der Waals surface area contributed by atoms with Gasteiger partial charge >= 0.3 is 0 Å². The number of amides is 1. The number of hydrogen-bond donors (Lipinski definition) is 1. The summed E-state index contributed by atoms with van der Waals surface area (Å²) in [5.74, 6) is -0.674. The molecule has 31 heavy (non-hydrogen) atoms. The number of carbonyl (C=O) groups excluding carboxylic acids is 1. The molecule has 4 nitrogen and oxygen atoms in total. The molecule has 0 unspecified atom stereocenters. The maximum absolute atomic E-state index is 14.6. The maximum atomic E-state index is 14.6. The third-order valence-electron chi connectivity index (χ3n) is 6.34. The van der Waals surface area contributed by atoms with Crippen LogP contribution in [0.15, 0.2) is 48.7 Å². The smallest absolute Gasteiger partial charge is 0.217 e. The van der Waals surface area contributed by atoms with Gasteiger partial charge in [-0.2, -0.15) is 0 Å². The van der Waals surface area contributed by atoms with E-state index >= 15 is 0 Å². The van der Waals surface area contributed by atoms with E-state index in [2.05, 4.69) is 34.8 Å². The summed E-state index contributed by atoms with van der Waals surface area (Å²) in [6.45, 7) is 7.84. The number of aromatic nitrogens is 1. The molecule has 164 valence electrons. The van der Waals surface area contributed by atoms with Crippen molar-refractivity contribution in [3.05, 3.63) is 71.4 Å². The van der Waals surface area contributed by atoms with Gasteiger partial charge in [0, 0.05) is 49.7 Å². The van der Waals surface area contributed by atoms with Crippen LogP contribution in [0.2, 0.25) is 0 Å². The van der Waals surface area contributed by atoms with Gasteiger partial charge in [0.05, 0.1) is 11.1 Å². The van der Waals surface area contributed by atoms with E-state index < -0.39 is 5.54 Å². The molecule has 0 spiro atoms. The Morgan fingerprint density at radius 2 is 1.84 bits per heavy atom. The molecule has 1 aromatic heterocycles. The van der Waals surface area contributed by atoms with E-state index in [1.807, 2.05) is 12.1 Å². The quantitative estimate of drug-likeness (QED) is 0.616. The molecule has 1 fully saturated rings. The van der Waals surface area contributed by atoms with E-state index in [1.54, 1.807) is 18.2 Å². The molecule has 0 saturated carbocycles. The minimum Gasteiger partial charge on any atom is -0.347 e. The number of rotatable bonds is 5. The summed E-state index contributed by atoms with van der Waals surface area (Å²) < 4.78 is 30.6. The third kappa shape index (κ3) is 4.22. The Morgan fingerprint density at radius 1 is 1.13 bits per heavy atom. The molecule has 0 atom stereocenters. The predicted molar refractivity (Wildman–Crippen MR) is 119 cm³/mol. The second-order valence-corrected chi connectivity index (χ2v) is 8.84. The van der Waals surface area contributed by atoms with E-state index in [9.17, 15) is 13.6 Å². The lowest BCUT2D eigenvalue weighted by atomic mass is 9.80. The van der Waals surface area contributed by atoms with Crippen LogP contribution in [0.25, 0.3) is 10.9 Å². The van der Waals surface area contributed by atoms with Gasteiger partial charge in [-0.25, -0.2) is 8.78 Å². The van der Waals surface area contributed by atoms with Crippen LogP contribution in [0.4, 0.5) is 8.78 Å². The van der Waals surface area contributed by atoms with Crippen molar-refractivity contribution in [1.82, 2.24) is 14.8 Å². The summed E-state index contributed by atoms with van der Waals surface area (Å²) in [6, 6.07) is 11.9. The number of likely N-dealkylation sites (tertiary alicyclic amines) is 1. The topological polar surface area (TPSA) is 37.3 Å². The van der Waals surface area contributed by atoms with Gasteiger partial charge in [0.25, 0.3) is 0 Å². The minimum atomic E-state index is -0.692. The number of nitrogens with zero attached hydrogens (tertiary/aromatic N) is 2. The van der Waals surface area contributed by atoms with Crippen molar-refractivity contribution < 1.29 is 13.6 Å². The molecule has 0 radical (unpaired) electrons. The van der Waals surface area contributed by atoms with E-state index in [4.69, 9.17) is 0 Å². The summed E-state index contributed by atoms with van der Waals surface area (Å²) in [6.07, 6.45) is 3.37. The molecule has 0 bridgehead atoms. The number of benzene rings is 2. The molecule has 3 aromatic rings. The predicted octanol–water partition coefficient (Wildman–Crippen LogP) is 5.13. The highest BCUT2D eigenvalue weighted by molar-refractivity contribution is 5.84. The molecule has 1 N–H and O–H groups in total. The van der Waals surface area contributed by atoms with Crippen LogP contribution in [0.5, 0.6) is 0 Å². The molecule has 1 amide bonds. The van der Waals surface area contributed by atoms with Crippen LogP contribution in [0, 0.1) is 11.6 Å². The molecule has 2 heterocycles. The molecule has 6 heteroatoms. The van der Waals surface area contributed by atoms with Gasteiger partial charge in [0.1, 0.15) is 11.6 Å². The number of nitrogens with one attached hydrogen (secondary N) is 1. The van der Waals surface area contributed by atoms with Crippen molar-refractivity contribution in [1.29, 1.82) is 0 Å². The fourth-order valence-corrected chi connectivity index (χ4v) is 4.83. The summed E-state index contributed by atoms with van der Waals surface area (Å²) in [5.41, 5.74) is 1.92. The molecular formula is C25H29F2N3O. The Kier molecular flexibility index (Phi) is 5.84. The highest BCUT2D eigenvalue weighted by atomic mass is 19.1. The monoisotopic (exact) mass is 425 g/mol. The fourth-order valence-electron chi connectivity index (χ4n) is 4.83. The SMILES string of the molecule is CC(=O)NC1(c2ccccc2F)CCN(Cc2cn(C(C)C)c3cc(F)ccc23)CC1. The van der Waals surface area contributed by atoms with Crippen LogP contribution in [0.1, 0.15) is 50.8 Å². The Bertz CT molecular complexity index is 1100. The number of carbonyl (C=O) groups is 1. The van der Waals surface area contributed by atoms with Gasteiger partial charge in [-0.1, -0.05) is 18.2 Å². The first kappa shape index (κ1) is 21.5. The van der Waals surface area contributed by atoms with E-state index in [1.165, 1.54) is 19.1 Å². The number of hydrogen-bond acceptors (Lipinski definition) is 2. The lowest BCUT2D eigenvalue weighted by Gasteiger charge is -2.42. The van der Waals surface area contributed by atoms with E-state index in [-0.39, 0.29) is 23.6 Å². The lowest BCUT2D eigenvalue weighted by molar-refractivity contribution is -0.121. The van der Waals surface area contributed by atoms with Gasteiger partial charge in [0.15, 0.2) is 0 Å². The first-order valence-electron chi connectivity index (χ1n) is 10.8. The largest absolute Gasteiger partial charge is 0.347 e. The van der Waals surface area contributed by atoms with E-state index in [0.717, 1.165) is 36.1 Å². The zero-order valence-corrected chi connectivity index (χ0v) is 18.3. The van der Waals surface area contributed by atoms with Crippen LogP contribution >= 0.6 is 0 Å². The van der Waals surface area contributed by atoms with Crippen molar-refractivity contribution in [3.8, 4) is 0 Å². The second kappa shape index (κ2) is 8.42. The first-order chi connectivity index (χ1) is 14.8. The highest BCUT2D eigenvalue weighted by Gasteiger charge is 2.38. The third-order valence-corrected chi connectivity index (χ3v) is 6.34. The van der Waals surface area contributed by atoms with Crippen LogP contribution in [0.3, 0.4) is 0 Å². The number of halogens is 2. The average molecular weight is 426 g/mol. The van der Waals surface area contributed by atoms with Crippen molar-refractivity contribution in [2.45, 2.75) is 51.7 Å². The van der Waals surface area contributed by atoms with Gasteiger partial charge in [-0.05, 0) is 56.5 Å². The van der Waals surface area contributed by atoms with Gasteiger partial charge in [-0.3, -0.25) is 9.69 Å². The normalized spacial score (nSPS) is 16.7. The van der Waals surface area contributed by atoms with Crippen LogP contribution in [-0.2, 0) is 16.9 Å². The van der Waals surface area contributed by atoms with Crippen molar-refractivity contribution >= 4 is 16.8 Å². The van der Waals surface area contributed by atoms with Crippen molar-refractivity contribution in [2.24, 2.45) is 0 Å². The fraction of sp³-hybridized carbons (Fsp3) is 0.400. The zero-order chi connectivity index (χ0) is 22.2. The Labute approximate surface area is 181 Å². The molecule has 1 aliphatic rings. The molecule has 0 aliphatic carbocycles. The van der Waals surface area contributed by atoms with E-state index in [0.29, 0.717) is 18.4 Å². The summed E-state index contributed by atoms with van der Waals surface area (Å²) >= 11 is 0. The first-order valence-corrected chi connectivity index (χ1v) is 10.8. The Balaban J connectivity index is 1.57. The molecule has 2 aromatic carbocycles. The Hall–Kier alpha value is -2.73. The van der Waals surface area contributed by atoms with Gasteiger partial charge < -0.3 is 9.88 Å². The summed E-state index contributed by atoms with van der Waals surface area (Å²) in [5, 5.41) is 4.10. The van der Waals surface area contributed by atoms with Crippen LogP contribution < -0.4 is 5.32 Å². The second-order valence-electron chi connectivity index (χ2n) is 8.84. The van der Waals surface area contributed by atoms with Crippen LogP contribution in [-0.4, -0.2) is 28.5 Å². The standard InChI is InChI=1S/C25H29F2N3O/c1-17(2)30-16-19(21-9-8-20(26)14-24(21)30)15-29-12-10-25(11-13-29,28-18(3)31)22-6-4-5-7-23(22)27/h4-9,14,16-17H,10-13,15H2,1-3H3,(H,28,31).